The zero-order chi connectivity index (χ0) is 12.3. The summed E-state index contributed by atoms with van der Waals surface area (Å²) in [4.78, 5) is 2.31. The van der Waals surface area contributed by atoms with E-state index in [2.05, 4.69) is 4.90 Å². The van der Waals surface area contributed by atoms with E-state index in [1.165, 1.54) is 20.0 Å². The van der Waals surface area contributed by atoms with Gasteiger partial charge in [0, 0.05) is 25.0 Å². The topological polar surface area (TPSA) is 12.5 Å². The van der Waals surface area contributed by atoms with E-state index in [1.54, 1.807) is 12.1 Å². The van der Waals surface area contributed by atoms with Crippen LogP contribution in [0.5, 0.6) is 5.75 Å². The summed E-state index contributed by atoms with van der Waals surface area (Å²) in [5.74, 6) is 0.616. The number of methoxy groups -OCH3 is 1. The number of nitrogens with zero attached hydrogens (tertiary/aromatic N) is 1. The Kier molecular flexibility index (Phi) is 4.24. The Labute approximate surface area is 106 Å². The second kappa shape index (κ2) is 5.69. The standard InChI is InChI=1S/C13H17ClFNO/c1-17-13-5-2-10(8-12(13)15)9-16(7-6-14)11-3-4-11/h2,5,8,11H,3-4,6-7,9H2,1H3. The molecule has 1 fully saturated rings. The molecule has 0 bridgehead atoms. The molecule has 0 unspecified atom stereocenters. The highest BCUT2D eigenvalue weighted by Gasteiger charge is 2.28. The van der Waals surface area contributed by atoms with E-state index in [1.807, 2.05) is 6.07 Å². The van der Waals surface area contributed by atoms with E-state index in [-0.39, 0.29) is 5.82 Å². The fourth-order valence-electron chi connectivity index (χ4n) is 1.98. The van der Waals surface area contributed by atoms with Crippen molar-refractivity contribution in [1.29, 1.82) is 0 Å². The first-order valence-corrected chi connectivity index (χ1v) is 6.40. The van der Waals surface area contributed by atoms with Gasteiger partial charge in [-0.25, -0.2) is 4.39 Å². The van der Waals surface area contributed by atoms with Gasteiger partial charge in [-0.3, -0.25) is 4.90 Å². The molecule has 2 rings (SSSR count). The van der Waals surface area contributed by atoms with Crippen molar-refractivity contribution in [3.8, 4) is 5.75 Å². The van der Waals surface area contributed by atoms with Crippen LogP contribution < -0.4 is 4.74 Å². The van der Waals surface area contributed by atoms with Gasteiger partial charge >= 0.3 is 0 Å². The van der Waals surface area contributed by atoms with Gasteiger partial charge in [-0.15, -0.1) is 11.6 Å². The Morgan fingerprint density at radius 3 is 2.76 bits per heavy atom. The summed E-state index contributed by atoms with van der Waals surface area (Å²) in [5, 5.41) is 0. The van der Waals surface area contributed by atoms with Gasteiger partial charge in [0.25, 0.3) is 0 Å². The molecule has 0 N–H and O–H groups in total. The maximum atomic E-state index is 13.5. The van der Waals surface area contributed by atoms with Crippen molar-refractivity contribution in [2.24, 2.45) is 0 Å². The molecule has 94 valence electrons. The van der Waals surface area contributed by atoms with Gasteiger partial charge in [-0.1, -0.05) is 6.07 Å². The van der Waals surface area contributed by atoms with Crippen LogP contribution in [0.3, 0.4) is 0 Å². The van der Waals surface area contributed by atoms with Gasteiger partial charge in [-0.2, -0.15) is 0 Å². The number of ether oxygens (including phenoxy) is 1. The third kappa shape index (κ3) is 3.33. The lowest BCUT2D eigenvalue weighted by Gasteiger charge is -2.20. The van der Waals surface area contributed by atoms with E-state index >= 15 is 0 Å². The van der Waals surface area contributed by atoms with Gasteiger partial charge in [0.05, 0.1) is 7.11 Å². The van der Waals surface area contributed by atoms with Crippen molar-refractivity contribution in [2.75, 3.05) is 19.5 Å². The highest BCUT2D eigenvalue weighted by atomic mass is 35.5. The molecule has 1 aromatic rings. The molecule has 0 saturated heterocycles. The minimum absolute atomic E-state index is 0.295. The van der Waals surface area contributed by atoms with Crippen molar-refractivity contribution in [3.63, 3.8) is 0 Å². The Morgan fingerprint density at radius 2 is 2.24 bits per heavy atom. The molecule has 4 heteroatoms. The monoisotopic (exact) mass is 257 g/mol. The SMILES string of the molecule is COc1ccc(CN(CCCl)C2CC2)cc1F. The number of halogens is 2. The Morgan fingerprint density at radius 1 is 1.47 bits per heavy atom. The predicted molar refractivity (Wildman–Crippen MR) is 67.1 cm³/mol. The lowest BCUT2D eigenvalue weighted by Crippen LogP contribution is -2.27. The van der Waals surface area contributed by atoms with Crippen molar-refractivity contribution >= 4 is 11.6 Å². The normalized spacial score (nSPS) is 15.3. The van der Waals surface area contributed by atoms with Crippen LogP contribution in [-0.2, 0) is 6.54 Å². The highest BCUT2D eigenvalue weighted by molar-refractivity contribution is 6.18. The summed E-state index contributed by atoms with van der Waals surface area (Å²) >= 11 is 5.78. The summed E-state index contributed by atoms with van der Waals surface area (Å²) in [6.07, 6.45) is 2.46. The fraction of sp³-hybridized carbons (Fsp3) is 0.538. The Bertz CT molecular complexity index is 382. The minimum atomic E-state index is -0.299. The molecule has 17 heavy (non-hydrogen) atoms. The van der Waals surface area contributed by atoms with Crippen LogP contribution in [0, 0.1) is 5.82 Å². The predicted octanol–water partition coefficient (Wildman–Crippen LogP) is 3.04. The van der Waals surface area contributed by atoms with Crippen LogP contribution in [-0.4, -0.2) is 30.5 Å². The van der Waals surface area contributed by atoms with E-state index in [0.29, 0.717) is 17.7 Å². The summed E-state index contributed by atoms with van der Waals surface area (Å²) < 4.78 is 18.4. The second-order valence-corrected chi connectivity index (χ2v) is 4.74. The molecule has 0 aliphatic heterocycles. The molecule has 1 aromatic carbocycles. The summed E-state index contributed by atoms with van der Waals surface area (Å²) in [7, 11) is 1.47. The molecule has 0 heterocycles. The maximum Gasteiger partial charge on any atom is 0.165 e. The first-order chi connectivity index (χ1) is 8.24. The lowest BCUT2D eigenvalue weighted by atomic mass is 10.2. The van der Waals surface area contributed by atoms with Gasteiger partial charge in [0.1, 0.15) is 0 Å². The molecule has 0 amide bonds. The molecule has 1 saturated carbocycles. The first kappa shape index (κ1) is 12.7. The third-order valence-electron chi connectivity index (χ3n) is 3.04. The van der Waals surface area contributed by atoms with Gasteiger partial charge in [-0.05, 0) is 30.5 Å². The second-order valence-electron chi connectivity index (χ2n) is 4.36. The zero-order valence-corrected chi connectivity index (χ0v) is 10.7. The Balaban J connectivity index is 2.03. The van der Waals surface area contributed by atoms with Crippen LogP contribution in [0.15, 0.2) is 18.2 Å². The van der Waals surface area contributed by atoms with Crippen molar-refractivity contribution in [2.45, 2.75) is 25.4 Å². The molecular formula is C13H17ClFNO. The molecule has 0 radical (unpaired) electrons. The molecule has 0 spiro atoms. The smallest absolute Gasteiger partial charge is 0.165 e. The molecule has 0 aromatic heterocycles. The Hall–Kier alpha value is -0.800. The lowest BCUT2D eigenvalue weighted by molar-refractivity contribution is 0.270. The zero-order valence-electron chi connectivity index (χ0n) is 9.96. The molecule has 1 aliphatic rings. The number of hydrogen-bond acceptors (Lipinski definition) is 2. The van der Waals surface area contributed by atoms with Crippen molar-refractivity contribution in [3.05, 3.63) is 29.6 Å². The summed E-state index contributed by atoms with van der Waals surface area (Å²) in [6.45, 7) is 1.62. The number of benzene rings is 1. The molecule has 2 nitrogen and oxygen atoms in total. The van der Waals surface area contributed by atoms with Crippen LogP contribution in [0.2, 0.25) is 0 Å². The largest absolute Gasteiger partial charge is 0.494 e. The van der Waals surface area contributed by atoms with E-state index < -0.39 is 0 Å². The number of rotatable bonds is 6. The van der Waals surface area contributed by atoms with E-state index in [4.69, 9.17) is 16.3 Å². The summed E-state index contributed by atoms with van der Waals surface area (Å²) in [6, 6.07) is 5.77. The summed E-state index contributed by atoms with van der Waals surface area (Å²) in [5.41, 5.74) is 0.973. The average molecular weight is 258 g/mol. The third-order valence-corrected chi connectivity index (χ3v) is 3.21. The van der Waals surface area contributed by atoms with Gasteiger partial charge < -0.3 is 4.74 Å². The first-order valence-electron chi connectivity index (χ1n) is 5.87. The molecular weight excluding hydrogens is 241 g/mol. The number of alkyl halides is 1. The van der Waals surface area contributed by atoms with Crippen molar-refractivity contribution in [1.82, 2.24) is 4.90 Å². The quantitative estimate of drug-likeness (QED) is 0.727. The minimum Gasteiger partial charge on any atom is -0.494 e. The van der Waals surface area contributed by atoms with Crippen LogP contribution in [0.25, 0.3) is 0 Å². The number of hydrogen-bond donors (Lipinski definition) is 0. The highest BCUT2D eigenvalue weighted by Crippen LogP contribution is 2.28. The van der Waals surface area contributed by atoms with Crippen molar-refractivity contribution < 1.29 is 9.13 Å². The molecule has 1 aliphatic carbocycles. The van der Waals surface area contributed by atoms with Crippen LogP contribution >= 0.6 is 11.6 Å². The van der Waals surface area contributed by atoms with Crippen LogP contribution in [0.1, 0.15) is 18.4 Å². The van der Waals surface area contributed by atoms with Gasteiger partial charge in [0.15, 0.2) is 11.6 Å². The molecule has 0 atom stereocenters. The fourth-order valence-corrected chi connectivity index (χ4v) is 2.20. The maximum absolute atomic E-state index is 13.5. The van der Waals surface area contributed by atoms with E-state index in [0.717, 1.165) is 18.7 Å². The van der Waals surface area contributed by atoms with Gasteiger partial charge in [0.2, 0.25) is 0 Å². The van der Waals surface area contributed by atoms with Crippen LogP contribution in [0.4, 0.5) is 4.39 Å². The van der Waals surface area contributed by atoms with E-state index in [9.17, 15) is 4.39 Å². The average Bonchev–Trinajstić information content (AvgIpc) is 3.12.